The molecule has 1 heterocycles. The Labute approximate surface area is 262 Å². The third-order valence-corrected chi connectivity index (χ3v) is 9.34. The lowest BCUT2D eigenvalue weighted by atomic mass is 9.66. The first-order chi connectivity index (χ1) is 22.3. The lowest BCUT2D eigenvalue weighted by molar-refractivity contribution is 0.775. The first kappa shape index (κ1) is 25.6. The van der Waals surface area contributed by atoms with Crippen LogP contribution >= 0.6 is 0 Å². The predicted octanol–water partition coefficient (Wildman–Crippen LogP) is 10.5. The molecule has 210 valence electrons. The fourth-order valence-corrected chi connectivity index (χ4v) is 7.50. The summed E-state index contributed by atoms with van der Waals surface area (Å²) in [5.41, 5.74) is 12.9. The molecule has 0 saturated heterocycles. The summed E-state index contributed by atoms with van der Waals surface area (Å²) in [6.07, 6.45) is 0. The van der Waals surface area contributed by atoms with Gasteiger partial charge < -0.3 is 0 Å². The number of aromatic nitrogens is 2. The van der Waals surface area contributed by atoms with E-state index in [1.807, 2.05) is 24.3 Å². The normalized spacial score (nSPS) is 13.1. The Bertz CT molecular complexity index is 2320. The van der Waals surface area contributed by atoms with Crippen LogP contribution in [0.3, 0.4) is 0 Å². The number of benzene rings is 7. The van der Waals surface area contributed by atoms with Gasteiger partial charge in [-0.25, -0.2) is 9.97 Å². The average Bonchev–Trinajstić information content (AvgIpc) is 3.43. The molecule has 9 rings (SSSR count). The molecule has 0 bridgehead atoms. The summed E-state index contributed by atoms with van der Waals surface area (Å²) in [6, 6.07) is 60.8. The summed E-state index contributed by atoms with van der Waals surface area (Å²) >= 11 is 0. The van der Waals surface area contributed by atoms with Crippen LogP contribution in [0.2, 0.25) is 0 Å². The van der Waals surface area contributed by atoms with Gasteiger partial charge in [-0.15, -0.1) is 0 Å². The third kappa shape index (κ3) is 3.76. The van der Waals surface area contributed by atoms with E-state index < -0.39 is 5.41 Å². The average molecular weight is 573 g/mol. The highest BCUT2D eigenvalue weighted by Gasteiger charge is 2.47. The molecular formula is C43H28N2. The van der Waals surface area contributed by atoms with Gasteiger partial charge >= 0.3 is 0 Å². The fourth-order valence-electron chi connectivity index (χ4n) is 7.50. The van der Waals surface area contributed by atoms with E-state index in [0.717, 1.165) is 33.5 Å². The van der Waals surface area contributed by atoms with E-state index in [0.29, 0.717) is 0 Å². The summed E-state index contributed by atoms with van der Waals surface area (Å²) < 4.78 is 0. The topological polar surface area (TPSA) is 25.8 Å². The van der Waals surface area contributed by atoms with Crippen LogP contribution in [0.4, 0.5) is 0 Å². The predicted molar refractivity (Wildman–Crippen MR) is 185 cm³/mol. The zero-order valence-corrected chi connectivity index (χ0v) is 24.6. The number of rotatable bonds is 4. The van der Waals surface area contributed by atoms with Gasteiger partial charge in [-0.3, -0.25) is 0 Å². The van der Waals surface area contributed by atoms with Crippen LogP contribution in [0.25, 0.3) is 55.4 Å². The molecule has 1 aliphatic carbocycles. The first-order valence-corrected chi connectivity index (χ1v) is 15.4. The maximum atomic E-state index is 5.30. The van der Waals surface area contributed by atoms with Crippen molar-refractivity contribution in [2.45, 2.75) is 5.41 Å². The van der Waals surface area contributed by atoms with Crippen molar-refractivity contribution in [2.75, 3.05) is 0 Å². The monoisotopic (exact) mass is 572 g/mol. The number of fused-ring (bicyclic) bond motifs is 6. The van der Waals surface area contributed by atoms with Crippen LogP contribution in [0, 0.1) is 0 Å². The Morgan fingerprint density at radius 2 is 0.911 bits per heavy atom. The van der Waals surface area contributed by atoms with Gasteiger partial charge in [0.15, 0.2) is 0 Å². The van der Waals surface area contributed by atoms with Crippen LogP contribution in [0.1, 0.15) is 22.3 Å². The van der Waals surface area contributed by atoms with Gasteiger partial charge in [-0.1, -0.05) is 158 Å². The van der Waals surface area contributed by atoms with E-state index in [2.05, 4.69) is 146 Å². The molecule has 0 unspecified atom stereocenters. The second-order valence-corrected chi connectivity index (χ2v) is 11.7. The van der Waals surface area contributed by atoms with Crippen molar-refractivity contribution in [1.29, 1.82) is 0 Å². The van der Waals surface area contributed by atoms with Crippen molar-refractivity contribution in [1.82, 2.24) is 9.97 Å². The van der Waals surface area contributed by atoms with Gasteiger partial charge in [0.05, 0.1) is 27.8 Å². The van der Waals surface area contributed by atoms with Crippen LogP contribution < -0.4 is 0 Å². The van der Waals surface area contributed by atoms with E-state index >= 15 is 0 Å². The zero-order chi connectivity index (χ0) is 29.8. The summed E-state index contributed by atoms with van der Waals surface area (Å²) in [7, 11) is 0. The van der Waals surface area contributed by atoms with E-state index in [-0.39, 0.29) is 0 Å². The summed E-state index contributed by atoms with van der Waals surface area (Å²) in [4.78, 5) is 10.5. The van der Waals surface area contributed by atoms with Crippen LogP contribution in [-0.4, -0.2) is 9.97 Å². The van der Waals surface area contributed by atoms with Crippen molar-refractivity contribution in [3.05, 3.63) is 192 Å². The van der Waals surface area contributed by atoms with E-state index in [9.17, 15) is 0 Å². The minimum absolute atomic E-state index is 0.482. The molecule has 45 heavy (non-hydrogen) atoms. The molecule has 0 atom stereocenters. The van der Waals surface area contributed by atoms with Crippen molar-refractivity contribution in [3.8, 4) is 33.6 Å². The van der Waals surface area contributed by atoms with Gasteiger partial charge in [0, 0.05) is 11.1 Å². The Kier molecular flexibility index (Phi) is 5.76. The second-order valence-electron chi connectivity index (χ2n) is 11.7. The summed E-state index contributed by atoms with van der Waals surface area (Å²) in [5, 5.41) is 2.39. The number of nitrogens with zero attached hydrogens (tertiary/aromatic N) is 2. The standard InChI is InChI=1S/C43H28N2/c1-4-15-29(16-5-1)41-42(45-39-26-13-12-25-38(39)44-41)36-23-14-22-34-32(36)27-28-35-33-21-10-11-24-37(33)43(40(34)35,30-17-6-2-7-18-30)31-19-8-3-9-20-31/h1-28H. The van der Waals surface area contributed by atoms with Gasteiger partial charge in [-0.2, -0.15) is 0 Å². The Hall–Kier alpha value is -5.86. The largest absolute Gasteiger partial charge is 0.244 e. The molecule has 7 aromatic carbocycles. The van der Waals surface area contributed by atoms with Crippen molar-refractivity contribution >= 4 is 21.8 Å². The minimum Gasteiger partial charge on any atom is -0.244 e. The molecule has 0 fully saturated rings. The number of hydrogen-bond donors (Lipinski definition) is 0. The molecule has 2 heteroatoms. The molecule has 0 radical (unpaired) electrons. The molecule has 1 aliphatic rings. The summed E-state index contributed by atoms with van der Waals surface area (Å²) in [5.74, 6) is 0. The van der Waals surface area contributed by atoms with Crippen molar-refractivity contribution in [3.63, 3.8) is 0 Å². The van der Waals surface area contributed by atoms with Crippen molar-refractivity contribution < 1.29 is 0 Å². The van der Waals surface area contributed by atoms with Crippen LogP contribution in [0.5, 0.6) is 0 Å². The smallest absolute Gasteiger partial charge is 0.0979 e. The van der Waals surface area contributed by atoms with Gasteiger partial charge in [0.2, 0.25) is 0 Å². The third-order valence-electron chi connectivity index (χ3n) is 9.34. The van der Waals surface area contributed by atoms with E-state index in [1.165, 1.54) is 44.2 Å². The second kappa shape index (κ2) is 10.1. The fraction of sp³-hybridized carbons (Fsp3) is 0.0233. The molecule has 0 aliphatic heterocycles. The molecule has 0 amide bonds. The molecule has 8 aromatic rings. The molecule has 0 N–H and O–H groups in total. The number of para-hydroxylation sites is 2. The molecule has 2 nitrogen and oxygen atoms in total. The van der Waals surface area contributed by atoms with Gasteiger partial charge in [0.25, 0.3) is 0 Å². The maximum Gasteiger partial charge on any atom is 0.0979 e. The zero-order valence-electron chi connectivity index (χ0n) is 24.6. The van der Waals surface area contributed by atoms with Gasteiger partial charge in [0.1, 0.15) is 0 Å². The summed E-state index contributed by atoms with van der Waals surface area (Å²) in [6.45, 7) is 0. The lowest BCUT2D eigenvalue weighted by Crippen LogP contribution is -2.28. The van der Waals surface area contributed by atoms with Gasteiger partial charge in [-0.05, 0) is 56.3 Å². The lowest BCUT2D eigenvalue weighted by Gasteiger charge is -2.34. The minimum atomic E-state index is -0.482. The Balaban J connectivity index is 1.42. The maximum absolute atomic E-state index is 5.30. The quantitative estimate of drug-likeness (QED) is 0.210. The Morgan fingerprint density at radius 3 is 1.60 bits per heavy atom. The highest BCUT2D eigenvalue weighted by atomic mass is 14.8. The highest BCUT2D eigenvalue weighted by molar-refractivity contribution is 6.07. The van der Waals surface area contributed by atoms with E-state index in [4.69, 9.17) is 9.97 Å². The molecule has 1 aromatic heterocycles. The molecule has 0 spiro atoms. The Morgan fingerprint density at radius 1 is 0.356 bits per heavy atom. The van der Waals surface area contributed by atoms with E-state index in [1.54, 1.807) is 0 Å². The molecular weight excluding hydrogens is 544 g/mol. The SMILES string of the molecule is c1ccc(-c2nc3ccccc3nc2-c2cccc3c4c(ccc23)-c2ccccc2C4(c2ccccc2)c2ccccc2)cc1. The highest BCUT2D eigenvalue weighted by Crippen LogP contribution is 2.58. The van der Waals surface area contributed by atoms with Crippen molar-refractivity contribution in [2.24, 2.45) is 0 Å². The van der Waals surface area contributed by atoms with Crippen LogP contribution in [-0.2, 0) is 5.41 Å². The molecule has 0 saturated carbocycles. The first-order valence-electron chi connectivity index (χ1n) is 15.4. The van der Waals surface area contributed by atoms with Crippen LogP contribution in [0.15, 0.2) is 170 Å². The number of hydrogen-bond acceptors (Lipinski definition) is 2.